The van der Waals surface area contributed by atoms with Crippen LogP contribution in [0.3, 0.4) is 0 Å². The highest BCUT2D eigenvalue weighted by molar-refractivity contribution is 7.15. The lowest BCUT2D eigenvalue weighted by molar-refractivity contribution is 0.0519. The van der Waals surface area contributed by atoms with E-state index in [0.29, 0.717) is 12.3 Å². The molecule has 0 fully saturated rings. The predicted molar refractivity (Wildman–Crippen MR) is 74.8 cm³/mol. The van der Waals surface area contributed by atoms with Crippen LogP contribution < -0.4 is 4.74 Å². The van der Waals surface area contributed by atoms with Gasteiger partial charge in [-0.1, -0.05) is 12.1 Å². The number of methoxy groups -OCH3 is 1. The fourth-order valence-electron chi connectivity index (χ4n) is 1.66. The molecule has 2 rings (SSSR count). The largest absolute Gasteiger partial charge is 0.497 e. The van der Waals surface area contributed by atoms with Gasteiger partial charge in [0, 0.05) is 10.4 Å². The quantitative estimate of drug-likeness (QED) is 0.804. The number of carbonyl (C=O) groups is 1. The summed E-state index contributed by atoms with van der Waals surface area (Å²) in [7, 11) is 1.62. The summed E-state index contributed by atoms with van der Waals surface area (Å²) < 4.78 is 10.2. The van der Waals surface area contributed by atoms with Crippen molar-refractivity contribution >= 4 is 17.3 Å². The first-order valence-electron chi connectivity index (χ1n) is 5.94. The fraction of sp³-hybridized carbons (Fsp3) is 0.286. The van der Waals surface area contributed by atoms with Crippen molar-refractivity contribution in [2.45, 2.75) is 13.8 Å². The zero-order chi connectivity index (χ0) is 13.8. The Hall–Kier alpha value is -1.88. The van der Waals surface area contributed by atoms with Crippen molar-refractivity contribution in [3.8, 4) is 16.3 Å². The lowest BCUT2D eigenvalue weighted by atomic mass is 10.2. The maximum atomic E-state index is 11.7. The van der Waals surface area contributed by atoms with Crippen molar-refractivity contribution in [1.29, 1.82) is 0 Å². The molecule has 0 spiro atoms. The summed E-state index contributed by atoms with van der Waals surface area (Å²) in [6, 6.07) is 7.61. The monoisotopic (exact) mass is 277 g/mol. The molecule has 0 unspecified atom stereocenters. The number of nitrogens with zero attached hydrogens (tertiary/aromatic N) is 1. The molecule has 0 aliphatic carbocycles. The summed E-state index contributed by atoms with van der Waals surface area (Å²) in [6.45, 7) is 4.00. The van der Waals surface area contributed by atoms with Crippen LogP contribution in [-0.2, 0) is 4.74 Å². The van der Waals surface area contributed by atoms with Crippen LogP contribution in [0, 0.1) is 6.92 Å². The molecule has 0 atom stereocenters. The van der Waals surface area contributed by atoms with Crippen LogP contribution in [0.1, 0.15) is 22.3 Å². The zero-order valence-corrected chi connectivity index (χ0v) is 11.9. The number of carbonyl (C=O) groups excluding carboxylic acids is 1. The molecule has 4 nitrogen and oxygen atoms in total. The Balaban J connectivity index is 2.36. The Morgan fingerprint density at radius 3 is 2.89 bits per heavy atom. The van der Waals surface area contributed by atoms with Crippen LogP contribution in [0.25, 0.3) is 10.6 Å². The van der Waals surface area contributed by atoms with Crippen molar-refractivity contribution in [2.75, 3.05) is 13.7 Å². The summed E-state index contributed by atoms with van der Waals surface area (Å²) in [4.78, 5) is 17.0. The SMILES string of the molecule is CCOC(=O)c1nc(-c2cccc(OC)c2)sc1C. The molecule has 5 heteroatoms. The molecule has 0 aliphatic heterocycles. The zero-order valence-electron chi connectivity index (χ0n) is 11.1. The number of aromatic nitrogens is 1. The second-order valence-electron chi connectivity index (χ2n) is 3.88. The second kappa shape index (κ2) is 5.84. The number of aryl methyl sites for hydroxylation is 1. The van der Waals surface area contributed by atoms with Gasteiger partial charge in [0.25, 0.3) is 0 Å². The van der Waals surface area contributed by atoms with Gasteiger partial charge in [-0.05, 0) is 26.0 Å². The van der Waals surface area contributed by atoms with Gasteiger partial charge in [-0.15, -0.1) is 11.3 Å². The second-order valence-corrected chi connectivity index (χ2v) is 5.08. The number of esters is 1. The van der Waals surface area contributed by atoms with E-state index in [9.17, 15) is 4.79 Å². The highest BCUT2D eigenvalue weighted by Gasteiger charge is 2.17. The third kappa shape index (κ3) is 2.93. The molecule has 0 N–H and O–H groups in total. The number of rotatable bonds is 4. The number of benzene rings is 1. The van der Waals surface area contributed by atoms with Crippen LogP contribution in [0.15, 0.2) is 24.3 Å². The highest BCUT2D eigenvalue weighted by atomic mass is 32.1. The van der Waals surface area contributed by atoms with Crippen LogP contribution in [0.5, 0.6) is 5.75 Å². The van der Waals surface area contributed by atoms with Gasteiger partial charge in [0.1, 0.15) is 10.8 Å². The van der Waals surface area contributed by atoms with Gasteiger partial charge in [-0.25, -0.2) is 9.78 Å². The van der Waals surface area contributed by atoms with Gasteiger partial charge in [-0.3, -0.25) is 0 Å². The number of ether oxygens (including phenoxy) is 2. The summed E-state index contributed by atoms with van der Waals surface area (Å²) in [6.07, 6.45) is 0. The molecule has 0 amide bonds. The predicted octanol–water partition coefficient (Wildman–Crippen LogP) is 3.30. The van der Waals surface area contributed by atoms with Crippen LogP contribution in [0.2, 0.25) is 0 Å². The molecule has 0 saturated carbocycles. The van der Waals surface area contributed by atoms with Crippen LogP contribution in [0.4, 0.5) is 0 Å². The molecule has 19 heavy (non-hydrogen) atoms. The van der Waals surface area contributed by atoms with Crippen molar-refractivity contribution < 1.29 is 14.3 Å². The number of hydrogen-bond acceptors (Lipinski definition) is 5. The Morgan fingerprint density at radius 2 is 2.21 bits per heavy atom. The summed E-state index contributed by atoms with van der Waals surface area (Å²) in [5.41, 5.74) is 1.33. The minimum absolute atomic E-state index is 0.351. The summed E-state index contributed by atoms with van der Waals surface area (Å²) in [5, 5.41) is 0.791. The van der Waals surface area contributed by atoms with E-state index in [4.69, 9.17) is 9.47 Å². The van der Waals surface area contributed by atoms with Gasteiger partial charge in [0.2, 0.25) is 0 Å². The smallest absolute Gasteiger partial charge is 0.358 e. The van der Waals surface area contributed by atoms with E-state index < -0.39 is 0 Å². The van der Waals surface area contributed by atoms with Crippen LogP contribution in [-0.4, -0.2) is 24.7 Å². The molecular weight excluding hydrogens is 262 g/mol. The highest BCUT2D eigenvalue weighted by Crippen LogP contribution is 2.30. The average Bonchev–Trinajstić information content (AvgIpc) is 2.81. The topological polar surface area (TPSA) is 48.4 Å². The third-order valence-electron chi connectivity index (χ3n) is 2.58. The Labute approximate surface area is 116 Å². The number of thiazole rings is 1. The molecule has 1 aromatic heterocycles. The van der Waals surface area contributed by atoms with Crippen molar-refractivity contribution in [2.24, 2.45) is 0 Å². The molecule has 2 aromatic rings. The van der Waals surface area contributed by atoms with E-state index >= 15 is 0 Å². The Morgan fingerprint density at radius 1 is 1.42 bits per heavy atom. The molecular formula is C14H15NO3S. The maximum absolute atomic E-state index is 11.7. The molecule has 1 aromatic carbocycles. The Bertz CT molecular complexity index is 592. The maximum Gasteiger partial charge on any atom is 0.358 e. The van der Waals surface area contributed by atoms with Crippen molar-refractivity contribution in [3.05, 3.63) is 34.8 Å². The van der Waals surface area contributed by atoms with Gasteiger partial charge >= 0.3 is 5.97 Å². The molecule has 0 saturated heterocycles. The number of hydrogen-bond donors (Lipinski definition) is 0. The molecule has 0 bridgehead atoms. The van der Waals surface area contributed by atoms with Crippen molar-refractivity contribution in [3.63, 3.8) is 0 Å². The third-order valence-corrected chi connectivity index (χ3v) is 3.60. The first kappa shape index (κ1) is 13.5. The lowest BCUT2D eigenvalue weighted by Gasteiger charge is -2.01. The molecule has 1 heterocycles. The van der Waals surface area contributed by atoms with Gasteiger partial charge in [-0.2, -0.15) is 0 Å². The summed E-state index contributed by atoms with van der Waals surface area (Å²) >= 11 is 1.47. The Kier molecular flexibility index (Phi) is 4.16. The molecule has 0 radical (unpaired) electrons. The van der Waals surface area contributed by atoms with E-state index in [1.54, 1.807) is 14.0 Å². The standard InChI is InChI=1S/C14H15NO3S/c1-4-18-14(16)12-9(2)19-13(15-12)10-6-5-7-11(8-10)17-3/h5-8H,4H2,1-3H3. The van der Waals surface area contributed by atoms with Crippen molar-refractivity contribution in [1.82, 2.24) is 4.98 Å². The molecule has 0 aliphatic rings. The first-order chi connectivity index (χ1) is 9.15. The molecule has 100 valence electrons. The summed E-state index contributed by atoms with van der Waals surface area (Å²) in [5.74, 6) is 0.397. The van der Waals surface area contributed by atoms with Crippen LogP contribution >= 0.6 is 11.3 Å². The fourth-order valence-corrected chi connectivity index (χ4v) is 2.56. The van der Waals surface area contributed by atoms with E-state index in [1.165, 1.54) is 11.3 Å². The normalized spacial score (nSPS) is 10.3. The minimum atomic E-state index is -0.370. The van der Waals surface area contributed by atoms with Gasteiger partial charge in [0.15, 0.2) is 5.69 Å². The average molecular weight is 277 g/mol. The lowest BCUT2D eigenvalue weighted by Crippen LogP contribution is -2.06. The van der Waals surface area contributed by atoms with Gasteiger partial charge in [0.05, 0.1) is 13.7 Å². The van der Waals surface area contributed by atoms with E-state index in [2.05, 4.69) is 4.98 Å². The van der Waals surface area contributed by atoms with E-state index in [0.717, 1.165) is 21.2 Å². The first-order valence-corrected chi connectivity index (χ1v) is 6.76. The minimum Gasteiger partial charge on any atom is -0.497 e. The van der Waals surface area contributed by atoms with E-state index in [-0.39, 0.29) is 5.97 Å². The van der Waals surface area contributed by atoms with E-state index in [1.807, 2.05) is 31.2 Å². The van der Waals surface area contributed by atoms with Gasteiger partial charge < -0.3 is 9.47 Å².